The van der Waals surface area contributed by atoms with Crippen LogP contribution in [0.2, 0.25) is 5.02 Å². The molecule has 0 aromatic heterocycles. The largest absolute Gasteiger partial charge is 0.443 e. The highest BCUT2D eigenvalue weighted by Gasteiger charge is 2.36. The van der Waals surface area contributed by atoms with Crippen molar-refractivity contribution in [3.63, 3.8) is 0 Å². The van der Waals surface area contributed by atoms with E-state index in [9.17, 15) is 4.79 Å². The Kier molecular flexibility index (Phi) is 5.87. The van der Waals surface area contributed by atoms with Crippen LogP contribution in [0, 0.1) is 0 Å². The first-order valence-corrected chi connectivity index (χ1v) is 10.5. The lowest BCUT2D eigenvalue weighted by molar-refractivity contribution is 0.0559. The summed E-state index contributed by atoms with van der Waals surface area (Å²) in [5.74, 6) is 0. The Balaban J connectivity index is 2.13. The van der Waals surface area contributed by atoms with Gasteiger partial charge in [-0.25, -0.2) is 4.79 Å². The molecule has 0 radical (unpaired) electrons. The summed E-state index contributed by atoms with van der Waals surface area (Å²) in [4.78, 5) is 15.1. The molecule has 0 aliphatic carbocycles. The lowest BCUT2D eigenvalue weighted by atomic mass is 9.89. The highest BCUT2D eigenvalue weighted by Crippen LogP contribution is 2.43. The fraction of sp³-hybridized carbons (Fsp3) is 0.409. The van der Waals surface area contributed by atoms with E-state index in [-0.39, 0.29) is 12.1 Å². The molecule has 1 atom stereocenters. The Morgan fingerprint density at radius 3 is 2.52 bits per heavy atom. The van der Waals surface area contributed by atoms with Gasteiger partial charge in [0.1, 0.15) is 5.60 Å². The SMILES string of the molecule is CCc1cc(Br)cc2c1N(C(=O)OC(C)(C)C)C(c1ccc(Cl)cc1)CC2. The number of halogens is 2. The van der Waals surface area contributed by atoms with Crippen LogP contribution < -0.4 is 4.90 Å². The van der Waals surface area contributed by atoms with Gasteiger partial charge in [-0.05, 0) is 81.0 Å². The molecule has 2 aromatic rings. The molecule has 3 rings (SSSR count). The monoisotopic (exact) mass is 449 g/mol. The average Bonchev–Trinajstić information content (AvgIpc) is 2.59. The predicted molar refractivity (Wildman–Crippen MR) is 115 cm³/mol. The summed E-state index contributed by atoms with van der Waals surface area (Å²) in [6.45, 7) is 7.81. The number of carbonyl (C=O) groups is 1. The van der Waals surface area contributed by atoms with Gasteiger partial charge in [0, 0.05) is 9.50 Å². The Labute approximate surface area is 174 Å². The van der Waals surface area contributed by atoms with Crippen LogP contribution in [-0.2, 0) is 17.6 Å². The van der Waals surface area contributed by atoms with Crippen molar-refractivity contribution in [2.75, 3.05) is 4.90 Å². The Morgan fingerprint density at radius 2 is 1.93 bits per heavy atom. The zero-order valence-corrected chi connectivity index (χ0v) is 18.5. The van der Waals surface area contributed by atoms with Crippen molar-refractivity contribution in [2.24, 2.45) is 0 Å². The van der Waals surface area contributed by atoms with Gasteiger partial charge in [0.05, 0.1) is 11.7 Å². The van der Waals surface area contributed by atoms with Gasteiger partial charge in [-0.15, -0.1) is 0 Å². The number of amides is 1. The minimum Gasteiger partial charge on any atom is -0.443 e. The van der Waals surface area contributed by atoms with Crippen LogP contribution in [0.5, 0.6) is 0 Å². The number of hydrogen-bond donors (Lipinski definition) is 0. The lowest BCUT2D eigenvalue weighted by Crippen LogP contribution is -2.42. The summed E-state index contributed by atoms with van der Waals surface area (Å²) in [5, 5.41) is 0.692. The molecule has 5 heteroatoms. The van der Waals surface area contributed by atoms with E-state index in [0.29, 0.717) is 5.02 Å². The molecule has 1 unspecified atom stereocenters. The van der Waals surface area contributed by atoms with E-state index >= 15 is 0 Å². The molecule has 0 N–H and O–H groups in total. The fourth-order valence-corrected chi connectivity index (χ4v) is 4.27. The van der Waals surface area contributed by atoms with Gasteiger partial charge in [0.25, 0.3) is 0 Å². The van der Waals surface area contributed by atoms with Crippen molar-refractivity contribution in [1.29, 1.82) is 0 Å². The maximum absolute atomic E-state index is 13.2. The van der Waals surface area contributed by atoms with Crippen LogP contribution in [0.15, 0.2) is 40.9 Å². The summed E-state index contributed by atoms with van der Waals surface area (Å²) < 4.78 is 6.84. The number of benzene rings is 2. The summed E-state index contributed by atoms with van der Waals surface area (Å²) in [6, 6.07) is 11.9. The second-order valence-electron chi connectivity index (χ2n) is 7.88. The van der Waals surface area contributed by atoms with E-state index in [1.807, 2.05) is 49.9 Å². The van der Waals surface area contributed by atoms with Crippen molar-refractivity contribution >= 4 is 39.3 Å². The van der Waals surface area contributed by atoms with E-state index in [4.69, 9.17) is 16.3 Å². The number of fused-ring (bicyclic) bond motifs is 1. The normalized spacial score (nSPS) is 16.8. The number of ether oxygens (including phenoxy) is 1. The van der Waals surface area contributed by atoms with Gasteiger partial charge < -0.3 is 4.74 Å². The standard InChI is InChI=1S/C22H25BrClNO2/c1-5-14-12-17(23)13-16-8-11-19(15-6-9-18(24)10-7-15)25(20(14)16)21(26)27-22(2,3)4/h6-7,9-10,12-13,19H,5,8,11H2,1-4H3. The lowest BCUT2D eigenvalue weighted by Gasteiger charge is -2.39. The molecule has 144 valence electrons. The van der Waals surface area contributed by atoms with E-state index in [0.717, 1.165) is 40.5 Å². The van der Waals surface area contributed by atoms with Gasteiger partial charge in [0.2, 0.25) is 0 Å². The molecule has 3 nitrogen and oxygen atoms in total. The zero-order chi connectivity index (χ0) is 19.8. The van der Waals surface area contributed by atoms with Crippen molar-refractivity contribution in [2.45, 2.75) is 58.6 Å². The first-order chi connectivity index (χ1) is 12.7. The molecule has 0 fully saturated rings. The van der Waals surface area contributed by atoms with Gasteiger partial charge in [-0.3, -0.25) is 4.90 Å². The maximum Gasteiger partial charge on any atom is 0.415 e. The second-order valence-corrected chi connectivity index (χ2v) is 9.23. The number of rotatable bonds is 2. The number of anilines is 1. The summed E-state index contributed by atoms with van der Waals surface area (Å²) in [7, 11) is 0. The van der Waals surface area contributed by atoms with Crippen LogP contribution in [-0.4, -0.2) is 11.7 Å². The van der Waals surface area contributed by atoms with Gasteiger partial charge in [0.15, 0.2) is 0 Å². The van der Waals surface area contributed by atoms with Crippen LogP contribution in [0.3, 0.4) is 0 Å². The van der Waals surface area contributed by atoms with E-state index in [1.54, 1.807) is 0 Å². The number of nitrogens with zero attached hydrogens (tertiary/aromatic N) is 1. The Hall–Kier alpha value is -1.52. The van der Waals surface area contributed by atoms with Crippen LogP contribution in [0.1, 0.15) is 56.8 Å². The fourth-order valence-electron chi connectivity index (χ4n) is 3.59. The third-order valence-electron chi connectivity index (χ3n) is 4.70. The molecule has 27 heavy (non-hydrogen) atoms. The van der Waals surface area contributed by atoms with Crippen molar-refractivity contribution in [1.82, 2.24) is 0 Å². The molecule has 2 aromatic carbocycles. The van der Waals surface area contributed by atoms with Gasteiger partial charge >= 0.3 is 6.09 Å². The van der Waals surface area contributed by atoms with E-state index in [1.165, 1.54) is 5.56 Å². The minimum absolute atomic E-state index is 0.0731. The Morgan fingerprint density at radius 1 is 1.26 bits per heavy atom. The Bertz CT molecular complexity index is 825. The maximum atomic E-state index is 13.2. The van der Waals surface area contributed by atoms with Gasteiger partial charge in [-0.2, -0.15) is 0 Å². The van der Waals surface area contributed by atoms with Gasteiger partial charge in [-0.1, -0.05) is 46.6 Å². The second kappa shape index (κ2) is 7.84. The van der Waals surface area contributed by atoms with Crippen molar-refractivity contribution < 1.29 is 9.53 Å². The molecule has 0 bridgehead atoms. The molecule has 1 heterocycles. The summed E-state index contributed by atoms with van der Waals surface area (Å²) >= 11 is 9.68. The van der Waals surface area contributed by atoms with E-state index in [2.05, 4.69) is 35.0 Å². The third-order valence-corrected chi connectivity index (χ3v) is 5.41. The number of hydrogen-bond acceptors (Lipinski definition) is 2. The first-order valence-electron chi connectivity index (χ1n) is 9.28. The van der Waals surface area contributed by atoms with Crippen LogP contribution >= 0.6 is 27.5 Å². The smallest absolute Gasteiger partial charge is 0.415 e. The average molecular weight is 451 g/mol. The highest BCUT2D eigenvalue weighted by atomic mass is 79.9. The number of carbonyl (C=O) groups excluding carboxylic acids is 1. The molecule has 1 aliphatic heterocycles. The zero-order valence-electron chi connectivity index (χ0n) is 16.2. The predicted octanol–water partition coefficient (Wildman–Crippen LogP) is 7.09. The molecule has 0 saturated heterocycles. The topological polar surface area (TPSA) is 29.5 Å². The third kappa shape index (κ3) is 4.49. The molecule has 0 spiro atoms. The minimum atomic E-state index is -0.555. The molecule has 1 amide bonds. The molecular formula is C22H25BrClNO2. The van der Waals surface area contributed by atoms with Crippen LogP contribution in [0.25, 0.3) is 0 Å². The highest BCUT2D eigenvalue weighted by molar-refractivity contribution is 9.10. The molecule has 0 saturated carbocycles. The van der Waals surface area contributed by atoms with Crippen molar-refractivity contribution in [3.8, 4) is 0 Å². The first kappa shape index (κ1) is 20.2. The quantitative estimate of drug-likeness (QED) is 0.488. The van der Waals surface area contributed by atoms with E-state index < -0.39 is 5.60 Å². The van der Waals surface area contributed by atoms with Crippen LogP contribution in [0.4, 0.5) is 10.5 Å². The molecular weight excluding hydrogens is 426 g/mol. The number of aryl methyl sites for hydroxylation is 2. The summed E-state index contributed by atoms with van der Waals surface area (Å²) in [5.41, 5.74) is 3.82. The summed E-state index contributed by atoms with van der Waals surface area (Å²) in [6.07, 6.45) is 2.29. The molecule has 1 aliphatic rings. The van der Waals surface area contributed by atoms with Crippen molar-refractivity contribution in [3.05, 3.63) is 62.6 Å².